The lowest BCUT2D eigenvalue weighted by Crippen LogP contribution is -2.66. The summed E-state index contributed by atoms with van der Waals surface area (Å²) in [6.45, 7) is 7.17. The molecule has 3 aliphatic carbocycles. The Kier molecular flexibility index (Phi) is 30.7. The van der Waals surface area contributed by atoms with Gasteiger partial charge in [0.1, 0.15) is 53.9 Å². The number of likely N-dealkylation sites (tertiary alicyclic amines) is 1. The summed E-state index contributed by atoms with van der Waals surface area (Å²) in [7, 11) is 11.4. The molecule has 604 valence electrons. The van der Waals surface area contributed by atoms with Crippen molar-refractivity contribution in [3.63, 3.8) is 0 Å². The van der Waals surface area contributed by atoms with E-state index in [-0.39, 0.29) is 93.5 Å². The Balaban J connectivity index is 1.23. The van der Waals surface area contributed by atoms with Crippen LogP contribution in [0.4, 0.5) is 13.2 Å². The van der Waals surface area contributed by atoms with E-state index in [9.17, 15) is 37.1 Å². The van der Waals surface area contributed by atoms with Gasteiger partial charge in [-0.05, 0) is 130 Å². The normalized spacial score (nSPS) is 26.0. The largest absolute Gasteiger partial charge is 0.481 e. The fourth-order valence-electron chi connectivity index (χ4n) is 16.8. The molecule has 3 N–H and O–H groups in total. The fraction of sp³-hybridized carbons (Fsp3) is 0.709. The molecule has 1 spiro atoms. The third-order valence-electron chi connectivity index (χ3n) is 23.4. The van der Waals surface area contributed by atoms with Crippen LogP contribution in [0.1, 0.15) is 192 Å². The molecule has 12 amide bonds. The second-order valence-corrected chi connectivity index (χ2v) is 32.7. The number of piperidine rings is 1. The van der Waals surface area contributed by atoms with E-state index in [1.807, 2.05) is 27.7 Å². The number of carbonyl (C=O) groups is 12. The second-order valence-electron chi connectivity index (χ2n) is 32.3. The first-order valence-corrected chi connectivity index (χ1v) is 39.6. The molecule has 1 aromatic heterocycles. The number of hydrogen-bond acceptors (Lipinski definition) is 14. The molecule has 109 heavy (non-hydrogen) atoms. The fourth-order valence-corrected chi connectivity index (χ4v) is 17.1. The molecule has 3 aliphatic heterocycles. The molecule has 1 aromatic carbocycles. The Hall–Kier alpha value is -8.11. The van der Waals surface area contributed by atoms with E-state index in [0.717, 1.165) is 79.7 Å². The van der Waals surface area contributed by atoms with Gasteiger partial charge in [-0.1, -0.05) is 116 Å². The van der Waals surface area contributed by atoms with Gasteiger partial charge in [0.2, 0.25) is 76.8 Å². The molecular formula is C79H117ClF3N13O13. The number of pyridine rings is 1. The second kappa shape index (κ2) is 38.7. The molecule has 4 heterocycles. The minimum atomic E-state index is -4.79. The smallest absolute Gasteiger partial charge is 0.417 e. The number of rotatable bonds is 14. The Morgan fingerprint density at radius 1 is 0.606 bits per heavy atom. The first-order chi connectivity index (χ1) is 51.5. The van der Waals surface area contributed by atoms with Crippen molar-refractivity contribution in [3.8, 4) is 5.88 Å². The van der Waals surface area contributed by atoms with Gasteiger partial charge in [0.05, 0.1) is 37.2 Å². The lowest BCUT2D eigenvalue weighted by Gasteiger charge is -2.44. The first kappa shape index (κ1) is 86.5. The average Bonchev–Trinajstić information content (AvgIpc) is 1.60. The number of ether oxygens (including phenoxy) is 1. The van der Waals surface area contributed by atoms with E-state index in [1.165, 1.54) is 98.1 Å². The zero-order chi connectivity index (χ0) is 79.9. The minimum Gasteiger partial charge on any atom is -0.481 e. The van der Waals surface area contributed by atoms with Crippen LogP contribution >= 0.6 is 11.6 Å². The molecule has 8 rings (SSSR count). The highest BCUT2D eigenvalue weighted by molar-refractivity contribution is 6.31. The molecule has 6 fully saturated rings. The van der Waals surface area contributed by atoms with Crippen molar-refractivity contribution in [2.75, 3.05) is 89.2 Å². The number of alkyl halides is 3. The monoisotopic (exact) mass is 1550 g/mol. The lowest BCUT2D eigenvalue weighted by molar-refractivity contribution is -0.158. The number of nitrogens with zero attached hydrogens (tertiary/aromatic N) is 10. The van der Waals surface area contributed by atoms with Crippen LogP contribution in [0.5, 0.6) is 5.88 Å². The summed E-state index contributed by atoms with van der Waals surface area (Å²) in [5.41, 5.74) is -2.09. The molecule has 3 saturated carbocycles. The number of carbonyl (C=O) groups excluding carboxylic acids is 12. The highest BCUT2D eigenvalue weighted by atomic mass is 35.5. The average molecular weight is 1550 g/mol. The topological polar surface area (TPSA) is 292 Å². The number of benzene rings is 1. The van der Waals surface area contributed by atoms with Crippen LogP contribution in [0.15, 0.2) is 36.5 Å². The molecule has 8 atom stereocenters. The number of fused-ring (bicyclic) bond motifs is 1. The summed E-state index contributed by atoms with van der Waals surface area (Å²) in [4.78, 5) is 199. The van der Waals surface area contributed by atoms with Gasteiger partial charge in [-0.15, -0.1) is 0 Å². The Morgan fingerprint density at radius 3 is 1.79 bits per heavy atom. The third kappa shape index (κ3) is 21.9. The number of halogens is 4. The maximum atomic E-state index is 16.1. The lowest BCUT2D eigenvalue weighted by atomic mass is 9.81. The van der Waals surface area contributed by atoms with Crippen molar-refractivity contribution in [1.29, 1.82) is 0 Å². The number of amides is 12. The van der Waals surface area contributed by atoms with E-state index in [2.05, 4.69) is 20.9 Å². The van der Waals surface area contributed by atoms with Crippen LogP contribution in [0, 0.1) is 23.7 Å². The van der Waals surface area contributed by atoms with Crippen LogP contribution < -0.4 is 20.7 Å². The molecular weight excluding hydrogens is 1430 g/mol. The number of hydrogen-bond donors (Lipinski definition) is 3. The van der Waals surface area contributed by atoms with E-state index in [4.69, 9.17) is 16.3 Å². The van der Waals surface area contributed by atoms with Gasteiger partial charge >= 0.3 is 6.18 Å². The van der Waals surface area contributed by atoms with Gasteiger partial charge in [0.15, 0.2) is 0 Å². The Labute approximate surface area is 645 Å². The van der Waals surface area contributed by atoms with Crippen molar-refractivity contribution in [2.45, 2.75) is 248 Å². The van der Waals surface area contributed by atoms with Crippen molar-refractivity contribution in [1.82, 2.24) is 65.0 Å². The van der Waals surface area contributed by atoms with E-state index < -0.39 is 167 Å². The number of methoxy groups -OCH3 is 1. The summed E-state index contributed by atoms with van der Waals surface area (Å²) < 4.78 is 47.5. The molecule has 3 saturated heterocycles. The summed E-state index contributed by atoms with van der Waals surface area (Å²) in [6.07, 6.45) is 7.07. The Morgan fingerprint density at radius 2 is 1.21 bits per heavy atom. The van der Waals surface area contributed by atoms with Crippen LogP contribution in [0.25, 0.3) is 0 Å². The minimum absolute atomic E-state index is 0.000286. The highest BCUT2D eigenvalue weighted by Crippen LogP contribution is 2.39. The van der Waals surface area contributed by atoms with E-state index >= 15 is 33.6 Å². The Bertz CT molecular complexity index is 3560. The molecule has 6 aliphatic rings. The summed E-state index contributed by atoms with van der Waals surface area (Å²) in [5.74, 6) is -8.51. The van der Waals surface area contributed by atoms with Crippen molar-refractivity contribution in [3.05, 3.63) is 58.2 Å². The number of aromatic nitrogens is 1. The van der Waals surface area contributed by atoms with Gasteiger partial charge in [-0.25, -0.2) is 4.98 Å². The van der Waals surface area contributed by atoms with Crippen molar-refractivity contribution in [2.24, 2.45) is 23.7 Å². The number of nitrogens with one attached hydrogen (secondary N) is 3. The third-order valence-corrected chi connectivity index (χ3v) is 23.7. The number of aryl methyl sites for hydroxylation is 1. The molecule has 0 radical (unpaired) electrons. The number of likely N-dealkylation sites (N-methyl/N-ethyl adjacent to an activating group) is 7. The van der Waals surface area contributed by atoms with Gasteiger partial charge in [-0.3, -0.25) is 57.5 Å². The van der Waals surface area contributed by atoms with Gasteiger partial charge in [0, 0.05) is 87.7 Å². The SMILES string of the molecule is COc1ccc(C[C@H]2C(=O)NC3(CCCC3)C(=O)N(C)[C@@H](C3CCCCC3)C(=O)N(C)[C@H](C(=O)N3CCCCC3)CC(=O)N(C)[C@@H](CC(C)C)C(=O)N[C@@H](CC(C)C)C(=O)N(C)CC(=O)N3CC[C@H]3C(=O)N(C)[C@@H](CC3CCCCC3)C(=O)N(C)CC(=O)N[C@@H](CCc3ccc(C(F)(F)F)c(Cl)c3)C(=O)N2C)cn1. The van der Waals surface area contributed by atoms with Gasteiger partial charge < -0.3 is 64.8 Å². The van der Waals surface area contributed by atoms with Crippen molar-refractivity contribution >= 4 is 82.5 Å². The maximum absolute atomic E-state index is 16.1. The first-order valence-electron chi connectivity index (χ1n) is 39.2. The quantitative estimate of drug-likeness (QED) is 0.171. The molecule has 0 bridgehead atoms. The summed E-state index contributed by atoms with van der Waals surface area (Å²) in [5, 5.41) is 8.19. The zero-order valence-corrected chi connectivity index (χ0v) is 66.7. The van der Waals surface area contributed by atoms with E-state index in [1.54, 1.807) is 17.0 Å². The predicted molar refractivity (Wildman–Crippen MR) is 402 cm³/mol. The highest BCUT2D eigenvalue weighted by Gasteiger charge is 2.52. The van der Waals surface area contributed by atoms with Gasteiger partial charge in [-0.2, -0.15) is 13.2 Å². The molecule has 0 unspecified atom stereocenters. The van der Waals surface area contributed by atoms with Crippen LogP contribution in [-0.4, -0.2) is 263 Å². The van der Waals surface area contributed by atoms with Crippen LogP contribution in [0.2, 0.25) is 5.02 Å². The standard InChI is InChI=1S/C79H117ClF3N13O13/c1-49(2)40-58-71(102)89(6)48-67(99)96-39-34-59(96)74(105)92(9)62(43-51-24-16-13-17-25-51)73(104)88(5)47-64(97)85-57(32-29-52-28-31-55(56(80)42-52)79(81,82)83)72(103)91(8)61(44-53-30-33-65(109-12)84-46-53)70(101)87-78(35-20-21-36-78)77(108)94(11)68(54-26-18-14-19-27-54)76(107)93(10)63(75(106)95-37-22-15-23-38-95)45-66(98)90(7)60(41-50(3)4)69(100)86-58/h28,30-31,33,42,46,49-51,54,57-63,68H,13-27,29,32,34-41,43-45,47-48H2,1-12H3,(H,85,97)(H,86,100)(H,87,101)/t57-,58-,59-,60-,61-,62-,63-,68-/m0/s1. The van der Waals surface area contributed by atoms with Crippen molar-refractivity contribution < 1.29 is 75.4 Å². The van der Waals surface area contributed by atoms with Gasteiger partial charge in [0.25, 0.3) is 0 Å². The summed E-state index contributed by atoms with van der Waals surface area (Å²) >= 11 is 6.23. The van der Waals surface area contributed by atoms with E-state index in [0.29, 0.717) is 57.2 Å². The summed E-state index contributed by atoms with van der Waals surface area (Å²) in [6, 6.07) is -3.96. The van der Waals surface area contributed by atoms with Crippen LogP contribution in [-0.2, 0) is 76.6 Å². The predicted octanol–water partition coefficient (Wildman–Crippen LogP) is 7.05. The molecule has 2 aromatic rings. The zero-order valence-electron chi connectivity index (χ0n) is 65.9. The molecule has 26 nitrogen and oxygen atoms in total. The van der Waals surface area contributed by atoms with Crippen LogP contribution in [0.3, 0.4) is 0 Å². The molecule has 30 heteroatoms. The maximum Gasteiger partial charge on any atom is 0.417 e.